The second-order valence-electron chi connectivity index (χ2n) is 6.82. The molecule has 1 unspecified atom stereocenters. The van der Waals surface area contributed by atoms with Crippen molar-refractivity contribution in [3.63, 3.8) is 0 Å². The SMILES string of the molecule is CCOc1ccc(C(=O)N2CCC3(CC(=O)c4ccccc4O3)C2)cc1. The predicted molar refractivity (Wildman–Crippen MR) is 96.9 cm³/mol. The van der Waals surface area contributed by atoms with Crippen LogP contribution in [0.4, 0.5) is 0 Å². The molecule has 26 heavy (non-hydrogen) atoms. The largest absolute Gasteiger partial charge is 0.494 e. The number of hydrogen-bond acceptors (Lipinski definition) is 4. The van der Waals surface area contributed by atoms with E-state index in [-0.39, 0.29) is 11.7 Å². The van der Waals surface area contributed by atoms with Crippen LogP contribution in [0.1, 0.15) is 40.5 Å². The van der Waals surface area contributed by atoms with Crippen molar-refractivity contribution in [3.8, 4) is 11.5 Å². The molecule has 134 valence electrons. The molecule has 0 saturated carbocycles. The molecule has 2 aromatic rings. The number of ketones is 1. The van der Waals surface area contributed by atoms with Gasteiger partial charge in [-0.25, -0.2) is 0 Å². The summed E-state index contributed by atoms with van der Waals surface area (Å²) in [6.45, 7) is 3.53. The molecule has 5 heteroatoms. The third-order valence-corrected chi connectivity index (χ3v) is 5.01. The lowest BCUT2D eigenvalue weighted by Gasteiger charge is -2.34. The van der Waals surface area contributed by atoms with E-state index in [1.165, 1.54) is 0 Å². The maximum absolute atomic E-state index is 12.8. The van der Waals surface area contributed by atoms with Crippen molar-refractivity contribution in [2.75, 3.05) is 19.7 Å². The molecule has 1 spiro atoms. The van der Waals surface area contributed by atoms with E-state index in [0.29, 0.717) is 49.4 Å². The standard InChI is InChI=1S/C21H21NO4/c1-2-25-16-9-7-15(8-10-16)20(24)22-12-11-21(14-22)13-18(23)17-5-3-4-6-19(17)26-21/h3-10H,2,11-14H2,1H3. The molecule has 0 aliphatic carbocycles. The van der Waals surface area contributed by atoms with Crippen molar-refractivity contribution < 1.29 is 19.1 Å². The monoisotopic (exact) mass is 351 g/mol. The summed E-state index contributed by atoms with van der Waals surface area (Å²) in [5.41, 5.74) is 0.647. The van der Waals surface area contributed by atoms with E-state index in [1.54, 1.807) is 35.2 Å². The van der Waals surface area contributed by atoms with Gasteiger partial charge in [0, 0.05) is 18.5 Å². The van der Waals surface area contributed by atoms with E-state index in [9.17, 15) is 9.59 Å². The van der Waals surface area contributed by atoms with Gasteiger partial charge in [-0.05, 0) is 43.3 Å². The Morgan fingerprint density at radius 3 is 2.73 bits per heavy atom. The van der Waals surface area contributed by atoms with Gasteiger partial charge in [0.1, 0.15) is 17.1 Å². The first-order valence-corrected chi connectivity index (χ1v) is 8.94. The van der Waals surface area contributed by atoms with E-state index in [2.05, 4.69) is 0 Å². The van der Waals surface area contributed by atoms with E-state index in [1.807, 2.05) is 25.1 Å². The number of Topliss-reactive ketones (excluding diaryl/α,β-unsaturated/α-hetero) is 1. The third kappa shape index (κ3) is 2.94. The average Bonchev–Trinajstić information content (AvgIpc) is 3.05. The lowest BCUT2D eigenvalue weighted by Crippen LogP contribution is -2.45. The van der Waals surface area contributed by atoms with Crippen LogP contribution in [0.2, 0.25) is 0 Å². The van der Waals surface area contributed by atoms with Gasteiger partial charge < -0.3 is 14.4 Å². The second kappa shape index (κ2) is 6.48. The van der Waals surface area contributed by atoms with Gasteiger partial charge >= 0.3 is 0 Å². The van der Waals surface area contributed by atoms with E-state index in [4.69, 9.17) is 9.47 Å². The number of carbonyl (C=O) groups is 2. The molecule has 2 heterocycles. The van der Waals surface area contributed by atoms with E-state index < -0.39 is 5.60 Å². The number of benzene rings is 2. The summed E-state index contributed by atoms with van der Waals surface area (Å²) in [5, 5.41) is 0. The van der Waals surface area contributed by atoms with Gasteiger partial charge in [0.05, 0.1) is 25.1 Å². The number of amides is 1. The molecule has 1 amide bonds. The average molecular weight is 351 g/mol. The van der Waals surface area contributed by atoms with Crippen molar-refractivity contribution >= 4 is 11.7 Å². The van der Waals surface area contributed by atoms with Crippen molar-refractivity contribution in [1.29, 1.82) is 0 Å². The molecular formula is C21H21NO4. The fraction of sp³-hybridized carbons (Fsp3) is 0.333. The highest BCUT2D eigenvalue weighted by Crippen LogP contribution is 2.38. The Labute approximate surface area is 152 Å². The molecule has 4 rings (SSSR count). The lowest BCUT2D eigenvalue weighted by atomic mass is 9.89. The number of carbonyl (C=O) groups excluding carboxylic acids is 2. The second-order valence-corrected chi connectivity index (χ2v) is 6.82. The Kier molecular flexibility index (Phi) is 4.15. The Hall–Kier alpha value is -2.82. The van der Waals surface area contributed by atoms with E-state index in [0.717, 1.165) is 5.75 Å². The number of hydrogen-bond donors (Lipinski definition) is 0. The van der Waals surface area contributed by atoms with Gasteiger partial charge in [0.25, 0.3) is 5.91 Å². The summed E-state index contributed by atoms with van der Waals surface area (Å²) in [5.74, 6) is 1.42. The number of likely N-dealkylation sites (tertiary alicyclic amines) is 1. The fourth-order valence-electron chi connectivity index (χ4n) is 3.73. The molecule has 2 aromatic carbocycles. The zero-order valence-corrected chi connectivity index (χ0v) is 14.7. The molecule has 1 atom stereocenters. The van der Waals surface area contributed by atoms with Crippen molar-refractivity contribution in [3.05, 3.63) is 59.7 Å². The molecule has 5 nitrogen and oxygen atoms in total. The molecule has 0 radical (unpaired) electrons. The summed E-state index contributed by atoms with van der Waals surface area (Å²) in [4.78, 5) is 27.1. The Morgan fingerprint density at radius 2 is 1.96 bits per heavy atom. The fourth-order valence-corrected chi connectivity index (χ4v) is 3.73. The summed E-state index contributed by atoms with van der Waals surface area (Å²) < 4.78 is 11.6. The van der Waals surface area contributed by atoms with Crippen molar-refractivity contribution in [1.82, 2.24) is 4.90 Å². The van der Waals surface area contributed by atoms with Crippen LogP contribution in [0.25, 0.3) is 0 Å². The van der Waals surface area contributed by atoms with E-state index >= 15 is 0 Å². The highest BCUT2D eigenvalue weighted by atomic mass is 16.5. The first-order chi connectivity index (χ1) is 12.6. The third-order valence-electron chi connectivity index (χ3n) is 5.01. The molecule has 1 fully saturated rings. The first-order valence-electron chi connectivity index (χ1n) is 8.94. The number of nitrogens with zero attached hydrogens (tertiary/aromatic N) is 1. The Bertz CT molecular complexity index is 845. The number of rotatable bonds is 3. The first kappa shape index (κ1) is 16.6. The van der Waals surface area contributed by atoms with Crippen molar-refractivity contribution in [2.45, 2.75) is 25.4 Å². The number of para-hydroxylation sites is 1. The van der Waals surface area contributed by atoms with Crippen molar-refractivity contribution in [2.24, 2.45) is 0 Å². The molecule has 1 saturated heterocycles. The smallest absolute Gasteiger partial charge is 0.253 e. The minimum absolute atomic E-state index is 0.0418. The Morgan fingerprint density at radius 1 is 1.19 bits per heavy atom. The summed E-state index contributed by atoms with van der Waals surface area (Å²) in [6, 6.07) is 14.5. The minimum atomic E-state index is -0.605. The lowest BCUT2D eigenvalue weighted by molar-refractivity contribution is 0.0428. The molecule has 0 bridgehead atoms. The topological polar surface area (TPSA) is 55.8 Å². The van der Waals surface area contributed by atoms with Crippen LogP contribution < -0.4 is 9.47 Å². The summed E-state index contributed by atoms with van der Waals surface area (Å²) >= 11 is 0. The van der Waals surface area contributed by atoms with Gasteiger partial charge in [-0.2, -0.15) is 0 Å². The predicted octanol–water partition coefficient (Wildman–Crippen LogP) is 3.34. The highest BCUT2D eigenvalue weighted by molar-refractivity contribution is 6.00. The maximum Gasteiger partial charge on any atom is 0.253 e. The van der Waals surface area contributed by atoms with Crippen LogP contribution in [0, 0.1) is 0 Å². The Balaban J connectivity index is 1.50. The molecule has 0 aromatic heterocycles. The normalized spacial score (nSPS) is 21.4. The van der Waals surface area contributed by atoms with Gasteiger partial charge in [-0.15, -0.1) is 0 Å². The highest BCUT2D eigenvalue weighted by Gasteiger charge is 2.46. The van der Waals surface area contributed by atoms with Crippen LogP contribution in [0.5, 0.6) is 11.5 Å². The molecule has 2 aliphatic heterocycles. The number of fused-ring (bicyclic) bond motifs is 1. The molecule has 2 aliphatic rings. The number of ether oxygens (including phenoxy) is 2. The van der Waals surface area contributed by atoms with Gasteiger partial charge in [0.2, 0.25) is 0 Å². The van der Waals surface area contributed by atoms with Crippen LogP contribution in [-0.2, 0) is 0 Å². The van der Waals surface area contributed by atoms with Crippen LogP contribution in [0.15, 0.2) is 48.5 Å². The van der Waals surface area contributed by atoms with Gasteiger partial charge in [0.15, 0.2) is 5.78 Å². The maximum atomic E-state index is 12.8. The quantitative estimate of drug-likeness (QED) is 0.851. The summed E-state index contributed by atoms with van der Waals surface area (Å²) in [6.07, 6.45) is 0.979. The molecule has 0 N–H and O–H groups in total. The van der Waals surface area contributed by atoms with Crippen LogP contribution >= 0.6 is 0 Å². The van der Waals surface area contributed by atoms with Gasteiger partial charge in [-0.1, -0.05) is 12.1 Å². The molecular weight excluding hydrogens is 330 g/mol. The summed E-state index contributed by atoms with van der Waals surface area (Å²) in [7, 11) is 0. The zero-order chi connectivity index (χ0) is 18.1. The zero-order valence-electron chi connectivity index (χ0n) is 14.7. The van der Waals surface area contributed by atoms with Gasteiger partial charge in [-0.3, -0.25) is 9.59 Å². The van der Waals surface area contributed by atoms with Crippen LogP contribution in [0.3, 0.4) is 0 Å². The minimum Gasteiger partial charge on any atom is -0.494 e. The van der Waals surface area contributed by atoms with Crippen LogP contribution in [-0.4, -0.2) is 41.9 Å².